The van der Waals surface area contributed by atoms with Gasteiger partial charge in [0, 0.05) is 22.3 Å². The second-order valence-electron chi connectivity index (χ2n) is 6.38. The van der Waals surface area contributed by atoms with Gasteiger partial charge in [-0.25, -0.2) is 0 Å². The average Bonchev–Trinajstić information content (AvgIpc) is 2.72. The van der Waals surface area contributed by atoms with Crippen molar-refractivity contribution in [2.24, 2.45) is 0 Å². The van der Waals surface area contributed by atoms with E-state index in [1.54, 1.807) is 24.3 Å². The van der Waals surface area contributed by atoms with E-state index >= 15 is 0 Å². The number of thiocarbonyl (C=S) groups is 1. The number of amides is 1. The molecule has 4 nitrogen and oxygen atoms in total. The quantitative estimate of drug-likeness (QED) is 0.389. The Morgan fingerprint density at radius 2 is 1.76 bits per heavy atom. The van der Waals surface area contributed by atoms with Crippen LogP contribution in [-0.4, -0.2) is 17.6 Å². The van der Waals surface area contributed by atoms with Gasteiger partial charge in [-0.05, 0) is 61.0 Å². The first-order chi connectivity index (χ1) is 14.1. The molecule has 2 N–H and O–H groups in total. The van der Waals surface area contributed by atoms with E-state index < -0.39 is 0 Å². The number of carbonyl (C=O) groups is 1. The topological polar surface area (TPSA) is 50.4 Å². The van der Waals surface area contributed by atoms with Crippen LogP contribution in [0.15, 0.2) is 78.9 Å². The largest absolute Gasteiger partial charge is 0.494 e. The number of benzene rings is 3. The third-order valence-electron chi connectivity index (χ3n) is 4.13. The Kier molecular flexibility index (Phi) is 7.61. The number of ether oxygens (including phenoxy) is 1. The SMILES string of the molecule is O=C(NC(=S)Nc1cccc(OCCCc2ccccc2)c1)c1cccc(Cl)c1. The molecule has 3 rings (SSSR count). The van der Waals surface area contributed by atoms with Gasteiger partial charge in [0.1, 0.15) is 5.75 Å². The Labute approximate surface area is 180 Å². The second kappa shape index (κ2) is 10.6. The molecule has 0 bridgehead atoms. The molecule has 0 aliphatic rings. The lowest BCUT2D eigenvalue weighted by atomic mass is 10.1. The summed E-state index contributed by atoms with van der Waals surface area (Å²) in [5.41, 5.74) is 2.48. The van der Waals surface area contributed by atoms with Gasteiger partial charge in [0.15, 0.2) is 5.11 Å². The molecule has 0 saturated carbocycles. The van der Waals surface area contributed by atoms with Crippen molar-refractivity contribution in [3.8, 4) is 5.75 Å². The summed E-state index contributed by atoms with van der Waals surface area (Å²) in [5, 5.41) is 6.34. The van der Waals surface area contributed by atoms with Gasteiger partial charge in [0.25, 0.3) is 5.91 Å². The summed E-state index contributed by atoms with van der Waals surface area (Å²) >= 11 is 11.1. The van der Waals surface area contributed by atoms with Gasteiger partial charge in [-0.15, -0.1) is 0 Å². The van der Waals surface area contributed by atoms with Gasteiger partial charge in [-0.1, -0.05) is 54.1 Å². The summed E-state index contributed by atoms with van der Waals surface area (Å²) in [6, 6.07) is 24.5. The first kappa shape index (κ1) is 20.8. The van der Waals surface area contributed by atoms with Gasteiger partial charge in [-0.3, -0.25) is 10.1 Å². The van der Waals surface area contributed by atoms with Crippen LogP contribution in [0.25, 0.3) is 0 Å². The van der Waals surface area contributed by atoms with Gasteiger partial charge in [0.2, 0.25) is 0 Å². The molecule has 0 fully saturated rings. The molecular weight excluding hydrogens is 404 g/mol. The lowest BCUT2D eigenvalue weighted by Crippen LogP contribution is -2.34. The smallest absolute Gasteiger partial charge is 0.257 e. The predicted molar refractivity (Wildman–Crippen MR) is 122 cm³/mol. The lowest BCUT2D eigenvalue weighted by Gasteiger charge is -2.12. The Morgan fingerprint density at radius 3 is 2.55 bits per heavy atom. The van der Waals surface area contributed by atoms with E-state index in [9.17, 15) is 4.79 Å². The number of rotatable bonds is 7. The lowest BCUT2D eigenvalue weighted by molar-refractivity contribution is 0.0977. The number of aryl methyl sites for hydroxylation is 1. The zero-order valence-corrected chi connectivity index (χ0v) is 17.3. The van der Waals surface area contributed by atoms with Crippen LogP contribution >= 0.6 is 23.8 Å². The van der Waals surface area contributed by atoms with Gasteiger partial charge < -0.3 is 10.1 Å². The molecule has 3 aromatic carbocycles. The van der Waals surface area contributed by atoms with E-state index in [1.165, 1.54) is 5.56 Å². The van der Waals surface area contributed by atoms with Crippen LogP contribution in [0.2, 0.25) is 5.02 Å². The maximum atomic E-state index is 12.2. The maximum absolute atomic E-state index is 12.2. The molecule has 0 radical (unpaired) electrons. The molecule has 0 atom stereocenters. The molecule has 29 heavy (non-hydrogen) atoms. The molecule has 0 spiro atoms. The van der Waals surface area contributed by atoms with Crippen molar-refractivity contribution in [3.05, 3.63) is 95.0 Å². The number of nitrogens with one attached hydrogen (secondary N) is 2. The van der Waals surface area contributed by atoms with E-state index in [4.69, 9.17) is 28.6 Å². The first-order valence-corrected chi connectivity index (χ1v) is 10.0. The van der Waals surface area contributed by atoms with E-state index in [2.05, 4.69) is 22.8 Å². The number of anilines is 1. The fraction of sp³-hybridized carbons (Fsp3) is 0.130. The van der Waals surface area contributed by atoms with Crippen LogP contribution in [0.1, 0.15) is 22.3 Å². The van der Waals surface area contributed by atoms with Crippen LogP contribution < -0.4 is 15.4 Å². The Hall–Kier alpha value is -2.89. The highest BCUT2D eigenvalue weighted by Crippen LogP contribution is 2.18. The fourth-order valence-electron chi connectivity index (χ4n) is 2.74. The normalized spacial score (nSPS) is 10.2. The fourth-order valence-corrected chi connectivity index (χ4v) is 3.14. The molecule has 6 heteroatoms. The zero-order chi connectivity index (χ0) is 20.5. The highest BCUT2D eigenvalue weighted by molar-refractivity contribution is 7.80. The molecule has 0 aliphatic heterocycles. The minimum absolute atomic E-state index is 0.205. The second-order valence-corrected chi connectivity index (χ2v) is 7.23. The number of halogens is 1. The zero-order valence-electron chi connectivity index (χ0n) is 15.7. The molecule has 0 aliphatic carbocycles. The monoisotopic (exact) mass is 424 g/mol. The molecule has 0 aromatic heterocycles. The summed E-state index contributed by atoms with van der Waals surface area (Å²) in [6.45, 7) is 0.619. The minimum atomic E-state index is -0.321. The summed E-state index contributed by atoms with van der Waals surface area (Å²) < 4.78 is 5.83. The van der Waals surface area contributed by atoms with Gasteiger partial charge >= 0.3 is 0 Å². The Balaban J connectivity index is 1.47. The highest BCUT2D eigenvalue weighted by Gasteiger charge is 2.08. The number of hydrogen-bond donors (Lipinski definition) is 2. The minimum Gasteiger partial charge on any atom is -0.494 e. The van der Waals surface area contributed by atoms with Gasteiger partial charge in [-0.2, -0.15) is 0 Å². The number of hydrogen-bond acceptors (Lipinski definition) is 3. The van der Waals surface area contributed by atoms with E-state index in [1.807, 2.05) is 42.5 Å². The van der Waals surface area contributed by atoms with Crippen LogP contribution in [-0.2, 0) is 6.42 Å². The summed E-state index contributed by atoms with van der Waals surface area (Å²) in [7, 11) is 0. The molecule has 0 heterocycles. The maximum Gasteiger partial charge on any atom is 0.257 e. The van der Waals surface area contributed by atoms with Crippen molar-refractivity contribution < 1.29 is 9.53 Å². The first-order valence-electron chi connectivity index (χ1n) is 9.25. The van der Waals surface area contributed by atoms with E-state index in [-0.39, 0.29) is 11.0 Å². The van der Waals surface area contributed by atoms with Crippen molar-refractivity contribution in [3.63, 3.8) is 0 Å². The summed E-state index contributed by atoms with van der Waals surface area (Å²) in [4.78, 5) is 12.2. The summed E-state index contributed by atoms with van der Waals surface area (Å²) in [5.74, 6) is 0.422. The number of carbonyl (C=O) groups excluding carboxylic acids is 1. The van der Waals surface area contributed by atoms with E-state index in [0.717, 1.165) is 24.3 Å². The van der Waals surface area contributed by atoms with Crippen LogP contribution in [0.5, 0.6) is 5.75 Å². The standard InChI is InChI=1S/C23H21ClN2O2S/c24-19-11-4-10-18(15-19)22(27)26-23(29)25-20-12-5-13-21(16-20)28-14-6-9-17-7-2-1-3-8-17/h1-5,7-8,10-13,15-16H,6,9,14H2,(H2,25,26,27,29). The van der Waals surface area contributed by atoms with Crippen molar-refractivity contribution >= 4 is 40.5 Å². The molecule has 3 aromatic rings. The van der Waals surface area contributed by atoms with Crippen molar-refractivity contribution in [1.29, 1.82) is 0 Å². The predicted octanol–water partition coefficient (Wildman–Crippen LogP) is 5.48. The third-order valence-corrected chi connectivity index (χ3v) is 4.57. The highest BCUT2D eigenvalue weighted by atomic mass is 35.5. The Bertz CT molecular complexity index is 979. The van der Waals surface area contributed by atoms with Gasteiger partial charge in [0.05, 0.1) is 6.61 Å². The van der Waals surface area contributed by atoms with E-state index in [0.29, 0.717) is 17.2 Å². The van der Waals surface area contributed by atoms with Crippen molar-refractivity contribution in [1.82, 2.24) is 5.32 Å². The molecule has 0 saturated heterocycles. The average molecular weight is 425 g/mol. The Morgan fingerprint density at radius 1 is 0.966 bits per heavy atom. The van der Waals surface area contributed by atoms with Crippen molar-refractivity contribution in [2.75, 3.05) is 11.9 Å². The molecule has 148 valence electrons. The molecule has 1 amide bonds. The molecular formula is C23H21ClN2O2S. The van der Waals surface area contributed by atoms with Crippen LogP contribution in [0.4, 0.5) is 5.69 Å². The summed E-state index contributed by atoms with van der Waals surface area (Å²) in [6.07, 6.45) is 1.90. The van der Waals surface area contributed by atoms with Crippen LogP contribution in [0, 0.1) is 0 Å². The third kappa shape index (κ3) is 6.89. The van der Waals surface area contributed by atoms with Crippen molar-refractivity contribution in [2.45, 2.75) is 12.8 Å². The van der Waals surface area contributed by atoms with Crippen LogP contribution in [0.3, 0.4) is 0 Å². The molecule has 0 unspecified atom stereocenters.